The number of fused-ring (bicyclic) bond motifs is 1. The predicted octanol–water partition coefficient (Wildman–Crippen LogP) is 2.16. The number of hydrogen-bond acceptors (Lipinski definition) is 6. The number of rotatable bonds is 4. The Morgan fingerprint density at radius 2 is 1.76 bits per heavy atom. The molecule has 5 amide bonds. The second-order valence-electron chi connectivity index (χ2n) is 6.40. The highest BCUT2D eigenvalue weighted by Crippen LogP contribution is 2.30. The van der Waals surface area contributed by atoms with Crippen LogP contribution >= 0.6 is 0 Å². The van der Waals surface area contributed by atoms with E-state index in [4.69, 9.17) is 0 Å². The van der Waals surface area contributed by atoms with Crippen molar-refractivity contribution in [2.75, 3.05) is 11.9 Å². The van der Waals surface area contributed by atoms with Gasteiger partial charge in [0.05, 0.1) is 10.5 Å². The summed E-state index contributed by atoms with van der Waals surface area (Å²) in [5.41, 5.74) is 1.24. The van der Waals surface area contributed by atoms with Crippen LogP contribution in [0.3, 0.4) is 0 Å². The first-order valence-electron chi connectivity index (χ1n) is 8.51. The number of benzene rings is 2. The molecular formula is C19H16N4O6. The number of nitrogens with one attached hydrogen (secondary N) is 2. The number of nitro groups is 1. The first-order valence-corrected chi connectivity index (χ1v) is 8.51. The molecule has 1 heterocycles. The molecule has 0 atom stereocenters. The molecule has 29 heavy (non-hydrogen) atoms. The van der Waals surface area contributed by atoms with E-state index in [1.165, 1.54) is 12.1 Å². The zero-order valence-electron chi connectivity index (χ0n) is 15.5. The van der Waals surface area contributed by atoms with E-state index in [9.17, 15) is 29.3 Å². The van der Waals surface area contributed by atoms with Gasteiger partial charge in [-0.05, 0) is 37.1 Å². The maximum atomic E-state index is 12.4. The number of aryl methyl sites for hydroxylation is 1. The molecule has 0 saturated carbocycles. The van der Waals surface area contributed by atoms with Gasteiger partial charge in [-0.2, -0.15) is 0 Å². The number of amides is 5. The van der Waals surface area contributed by atoms with Crippen LogP contribution in [0.25, 0.3) is 0 Å². The minimum absolute atomic E-state index is 0.156. The van der Waals surface area contributed by atoms with Crippen LogP contribution < -0.4 is 10.6 Å². The van der Waals surface area contributed by atoms with Crippen LogP contribution in [-0.2, 0) is 4.79 Å². The molecule has 0 aliphatic carbocycles. The predicted molar refractivity (Wildman–Crippen MR) is 102 cm³/mol. The van der Waals surface area contributed by atoms with Gasteiger partial charge in [0.2, 0.25) is 5.91 Å². The van der Waals surface area contributed by atoms with Crippen LogP contribution in [-0.4, -0.2) is 40.1 Å². The van der Waals surface area contributed by atoms with Crippen molar-refractivity contribution in [3.05, 3.63) is 68.8 Å². The molecule has 0 spiro atoms. The van der Waals surface area contributed by atoms with Crippen LogP contribution in [0.2, 0.25) is 0 Å². The maximum absolute atomic E-state index is 12.4. The van der Waals surface area contributed by atoms with E-state index in [2.05, 4.69) is 5.32 Å². The number of urea groups is 1. The average Bonchev–Trinajstić information content (AvgIpc) is 2.90. The van der Waals surface area contributed by atoms with Crippen molar-refractivity contribution in [1.82, 2.24) is 10.2 Å². The van der Waals surface area contributed by atoms with Crippen molar-refractivity contribution in [2.24, 2.45) is 0 Å². The summed E-state index contributed by atoms with van der Waals surface area (Å²) in [6, 6.07) is 8.10. The van der Waals surface area contributed by atoms with Crippen molar-refractivity contribution in [2.45, 2.75) is 13.8 Å². The summed E-state index contributed by atoms with van der Waals surface area (Å²) < 4.78 is 0. The SMILES string of the molecule is Cc1cccc(NC(=O)NC(=O)CN2C(=O)c3cccc([N+](=O)[O-])c3C2=O)c1C. The largest absolute Gasteiger partial charge is 0.325 e. The summed E-state index contributed by atoms with van der Waals surface area (Å²) in [7, 11) is 0. The molecule has 10 nitrogen and oxygen atoms in total. The molecule has 0 saturated heterocycles. The molecule has 1 aliphatic rings. The van der Waals surface area contributed by atoms with Crippen LogP contribution in [0.4, 0.5) is 16.2 Å². The minimum Gasteiger partial charge on any atom is -0.307 e. The summed E-state index contributed by atoms with van der Waals surface area (Å²) in [6.45, 7) is 2.92. The third-order valence-corrected chi connectivity index (χ3v) is 4.58. The van der Waals surface area contributed by atoms with Gasteiger partial charge in [0.15, 0.2) is 0 Å². The number of anilines is 1. The molecule has 2 N–H and O–H groups in total. The molecule has 3 rings (SSSR count). The summed E-state index contributed by atoms with van der Waals surface area (Å²) in [5, 5.41) is 15.7. The standard InChI is InChI=1S/C19H16N4O6/c1-10-5-3-7-13(11(10)2)20-19(27)21-15(24)9-22-17(25)12-6-4-8-14(23(28)29)16(12)18(22)26/h3-8H,9H2,1-2H3,(H2,20,21,24,27). The molecule has 10 heteroatoms. The van der Waals surface area contributed by atoms with E-state index in [1.807, 2.05) is 18.3 Å². The first-order chi connectivity index (χ1) is 13.7. The van der Waals surface area contributed by atoms with Gasteiger partial charge in [0, 0.05) is 11.8 Å². The fourth-order valence-electron chi connectivity index (χ4n) is 2.96. The second kappa shape index (κ2) is 7.50. The minimum atomic E-state index is -0.956. The van der Waals surface area contributed by atoms with Crippen LogP contribution in [0, 0.1) is 24.0 Å². The fraction of sp³-hybridized carbons (Fsp3) is 0.158. The zero-order valence-corrected chi connectivity index (χ0v) is 15.5. The summed E-state index contributed by atoms with van der Waals surface area (Å²) >= 11 is 0. The number of nitrogens with zero attached hydrogens (tertiary/aromatic N) is 2. The van der Waals surface area contributed by atoms with Crippen LogP contribution in [0.1, 0.15) is 31.8 Å². The summed E-state index contributed by atoms with van der Waals surface area (Å²) in [4.78, 5) is 59.9. The molecule has 2 aromatic rings. The quantitative estimate of drug-likeness (QED) is 0.461. The maximum Gasteiger partial charge on any atom is 0.325 e. The molecule has 0 fully saturated rings. The van der Waals surface area contributed by atoms with E-state index in [0.717, 1.165) is 17.2 Å². The van der Waals surface area contributed by atoms with Crippen molar-refractivity contribution in [3.63, 3.8) is 0 Å². The highest BCUT2D eigenvalue weighted by atomic mass is 16.6. The smallest absolute Gasteiger partial charge is 0.307 e. The van der Waals surface area contributed by atoms with Crippen LogP contribution in [0.15, 0.2) is 36.4 Å². The lowest BCUT2D eigenvalue weighted by Crippen LogP contribution is -2.43. The van der Waals surface area contributed by atoms with Gasteiger partial charge in [0.25, 0.3) is 17.5 Å². The van der Waals surface area contributed by atoms with Crippen molar-refractivity contribution in [1.29, 1.82) is 0 Å². The third-order valence-electron chi connectivity index (χ3n) is 4.58. The molecule has 0 bridgehead atoms. The number of hydrogen-bond donors (Lipinski definition) is 2. The van der Waals surface area contributed by atoms with E-state index in [-0.39, 0.29) is 11.1 Å². The lowest BCUT2D eigenvalue weighted by Gasteiger charge is -2.14. The van der Waals surface area contributed by atoms with E-state index in [1.54, 1.807) is 19.1 Å². The molecule has 1 aliphatic heterocycles. The van der Waals surface area contributed by atoms with Gasteiger partial charge in [0.1, 0.15) is 12.1 Å². The number of nitro benzene ring substituents is 1. The molecular weight excluding hydrogens is 380 g/mol. The average molecular weight is 396 g/mol. The Bertz CT molecular complexity index is 1080. The van der Waals surface area contributed by atoms with Crippen molar-refractivity contribution >= 4 is 35.1 Å². The summed E-state index contributed by atoms with van der Waals surface area (Å²) in [5.74, 6) is -2.70. The van der Waals surface area contributed by atoms with Gasteiger partial charge >= 0.3 is 6.03 Å². The Kier molecular flexibility index (Phi) is 5.09. The topological polar surface area (TPSA) is 139 Å². The molecule has 0 unspecified atom stereocenters. The zero-order chi connectivity index (χ0) is 21.3. The van der Waals surface area contributed by atoms with E-state index in [0.29, 0.717) is 10.6 Å². The monoisotopic (exact) mass is 396 g/mol. The van der Waals surface area contributed by atoms with Crippen LogP contribution in [0.5, 0.6) is 0 Å². The van der Waals surface area contributed by atoms with E-state index >= 15 is 0 Å². The Morgan fingerprint density at radius 3 is 2.45 bits per heavy atom. The van der Waals surface area contributed by atoms with Crippen molar-refractivity contribution < 1.29 is 24.1 Å². The lowest BCUT2D eigenvalue weighted by atomic mass is 10.1. The van der Waals surface area contributed by atoms with Gasteiger partial charge in [-0.15, -0.1) is 0 Å². The van der Waals surface area contributed by atoms with Crippen molar-refractivity contribution in [3.8, 4) is 0 Å². The highest BCUT2D eigenvalue weighted by molar-refractivity contribution is 6.24. The molecule has 0 radical (unpaired) electrons. The molecule has 0 aromatic heterocycles. The normalized spacial score (nSPS) is 12.6. The van der Waals surface area contributed by atoms with Gasteiger partial charge in [-0.25, -0.2) is 4.79 Å². The fourth-order valence-corrected chi connectivity index (χ4v) is 2.96. The first kappa shape index (κ1) is 19.7. The van der Waals surface area contributed by atoms with E-state index < -0.39 is 40.9 Å². The molecule has 2 aromatic carbocycles. The second-order valence-corrected chi connectivity index (χ2v) is 6.40. The highest BCUT2D eigenvalue weighted by Gasteiger charge is 2.41. The third kappa shape index (κ3) is 3.68. The summed E-state index contributed by atoms with van der Waals surface area (Å²) in [6.07, 6.45) is 0. The van der Waals surface area contributed by atoms with Gasteiger partial charge in [-0.3, -0.25) is 34.7 Å². The van der Waals surface area contributed by atoms with Gasteiger partial charge < -0.3 is 5.32 Å². The number of carbonyl (C=O) groups excluding carboxylic acids is 4. The lowest BCUT2D eigenvalue weighted by molar-refractivity contribution is -0.385. The number of imide groups is 2. The Hall–Kier alpha value is -4.08. The number of carbonyl (C=O) groups is 4. The Labute approximate surface area is 164 Å². The van der Waals surface area contributed by atoms with Gasteiger partial charge in [-0.1, -0.05) is 18.2 Å². The molecule has 148 valence electrons. The Balaban J connectivity index is 1.70. The Morgan fingerprint density at radius 1 is 1.07 bits per heavy atom.